The molecule has 1 heterocycles. The van der Waals surface area contributed by atoms with Crippen LogP contribution in [0.2, 0.25) is 0 Å². The lowest BCUT2D eigenvalue weighted by Gasteiger charge is -2.39. The van der Waals surface area contributed by atoms with Crippen LogP contribution in [-0.4, -0.2) is 16.3 Å². The first-order valence-corrected chi connectivity index (χ1v) is 5.84. The predicted molar refractivity (Wildman–Crippen MR) is 68.7 cm³/mol. The largest absolute Gasteiger partial charge is 0.332 e. The van der Waals surface area contributed by atoms with E-state index in [1.165, 1.54) is 11.1 Å². The number of hydrogen-bond donors (Lipinski definition) is 1. The lowest BCUT2D eigenvalue weighted by molar-refractivity contribution is -0.140. The van der Waals surface area contributed by atoms with Crippen LogP contribution in [0.3, 0.4) is 0 Å². The SMILES string of the molecule is Cl.NC1(C(=O)N2Cc3ccccc3C2)CCC1. The van der Waals surface area contributed by atoms with Crippen molar-refractivity contribution in [2.75, 3.05) is 0 Å². The summed E-state index contributed by atoms with van der Waals surface area (Å²) in [5.41, 5.74) is 8.04. The van der Waals surface area contributed by atoms with Crippen molar-refractivity contribution in [3.8, 4) is 0 Å². The van der Waals surface area contributed by atoms with Gasteiger partial charge in [-0.1, -0.05) is 24.3 Å². The van der Waals surface area contributed by atoms with Crippen molar-refractivity contribution in [3.05, 3.63) is 35.4 Å². The summed E-state index contributed by atoms with van der Waals surface area (Å²) in [6.07, 6.45) is 2.78. The molecule has 3 rings (SSSR count). The molecule has 1 amide bonds. The van der Waals surface area contributed by atoms with Gasteiger partial charge in [-0.15, -0.1) is 12.4 Å². The van der Waals surface area contributed by atoms with E-state index in [0.29, 0.717) is 0 Å². The Balaban J connectivity index is 0.00000108. The molecule has 1 aromatic rings. The van der Waals surface area contributed by atoms with Crippen LogP contribution in [0, 0.1) is 0 Å². The van der Waals surface area contributed by atoms with E-state index < -0.39 is 5.54 Å². The number of benzene rings is 1. The number of carbonyl (C=O) groups is 1. The smallest absolute Gasteiger partial charge is 0.243 e. The van der Waals surface area contributed by atoms with Crippen LogP contribution in [0.25, 0.3) is 0 Å². The lowest BCUT2D eigenvalue weighted by atomic mass is 9.76. The van der Waals surface area contributed by atoms with Gasteiger partial charge in [-0.2, -0.15) is 0 Å². The molecule has 0 atom stereocenters. The fourth-order valence-corrected chi connectivity index (χ4v) is 2.56. The lowest BCUT2D eigenvalue weighted by Crippen LogP contribution is -2.58. The Morgan fingerprint density at radius 3 is 2.12 bits per heavy atom. The zero-order chi connectivity index (χ0) is 11.2. The highest BCUT2D eigenvalue weighted by Gasteiger charge is 2.43. The highest BCUT2D eigenvalue weighted by atomic mass is 35.5. The van der Waals surface area contributed by atoms with Crippen molar-refractivity contribution in [2.45, 2.75) is 37.9 Å². The monoisotopic (exact) mass is 252 g/mol. The Bertz CT molecular complexity index is 418. The maximum absolute atomic E-state index is 12.2. The molecule has 0 saturated heterocycles. The Morgan fingerprint density at radius 1 is 1.18 bits per heavy atom. The third-order valence-electron chi connectivity index (χ3n) is 3.80. The van der Waals surface area contributed by atoms with Gasteiger partial charge in [0, 0.05) is 13.1 Å². The fourth-order valence-electron chi connectivity index (χ4n) is 2.56. The molecule has 3 nitrogen and oxygen atoms in total. The number of halogens is 1. The molecule has 0 radical (unpaired) electrons. The van der Waals surface area contributed by atoms with Crippen molar-refractivity contribution in [1.82, 2.24) is 4.90 Å². The second-order valence-electron chi connectivity index (χ2n) is 4.94. The van der Waals surface area contributed by atoms with E-state index in [-0.39, 0.29) is 18.3 Å². The zero-order valence-corrected chi connectivity index (χ0v) is 10.5. The highest BCUT2D eigenvalue weighted by Crippen LogP contribution is 2.33. The summed E-state index contributed by atoms with van der Waals surface area (Å²) < 4.78 is 0. The van der Waals surface area contributed by atoms with Gasteiger partial charge in [0.15, 0.2) is 0 Å². The van der Waals surface area contributed by atoms with Crippen LogP contribution in [0.5, 0.6) is 0 Å². The summed E-state index contributed by atoms with van der Waals surface area (Å²) >= 11 is 0. The number of hydrogen-bond acceptors (Lipinski definition) is 2. The molecular formula is C13H17ClN2O. The van der Waals surface area contributed by atoms with Gasteiger partial charge in [-0.05, 0) is 30.4 Å². The predicted octanol–water partition coefficient (Wildman–Crippen LogP) is 1.83. The molecule has 0 aromatic heterocycles. The summed E-state index contributed by atoms with van der Waals surface area (Å²) in [5, 5.41) is 0. The van der Waals surface area contributed by atoms with Crippen LogP contribution in [-0.2, 0) is 17.9 Å². The van der Waals surface area contributed by atoms with Crippen LogP contribution in [0.4, 0.5) is 0 Å². The standard InChI is InChI=1S/C13H16N2O.ClH/c14-13(6-3-7-13)12(16)15-8-10-4-1-2-5-11(10)9-15;/h1-2,4-5H,3,6-9,14H2;1H. The molecular weight excluding hydrogens is 236 g/mol. The molecule has 0 unspecified atom stereocenters. The second kappa shape index (κ2) is 4.31. The topological polar surface area (TPSA) is 46.3 Å². The molecule has 0 spiro atoms. The van der Waals surface area contributed by atoms with Crippen molar-refractivity contribution in [3.63, 3.8) is 0 Å². The van der Waals surface area contributed by atoms with E-state index in [4.69, 9.17) is 5.73 Å². The Morgan fingerprint density at radius 2 is 1.71 bits per heavy atom. The Kier molecular flexibility index (Phi) is 3.15. The van der Waals surface area contributed by atoms with Crippen molar-refractivity contribution < 1.29 is 4.79 Å². The third kappa shape index (κ3) is 1.94. The number of amides is 1. The van der Waals surface area contributed by atoms with Gasteiger partial charge in [0.2, 0.25) is 5.91 Å². The number of rotatable bonds is 1. The van der Waals surface area contributed by atoms with Crippen molar-refractivity contribution in [2.24, 2.45) is 5.73 Å². The molecule has 1 saturated carbocycles. The number of nitrogens with zero attached hydrogens (tertiary/aromatic N) is 1. The zero-order valence-electron chi connectivity index (χ0n) is 9.69. The van der Waals surface area contributed by atoms with Gasteiger partial charge >= 0.3 is 0 Å². The van der Waals surface area contributed by atoms with Gasteiger partial charge in [0.1, 0.15) is 0 Å². The fraction of sp³-hybridized carbons (Fsp3) is 0.462. The Hall–Kier alpha value is -1.06. The quantitative estimate of drug-likeness (QED) is 0.829. The minimum absolute atomic E-state index is 0. The molecule has 1 aromatic carbocycles. The molecule has 17 heavy (non-hydrogen) atoms. The maximum atomic E-state index is 12.2. The maximum Gasteiger partial charge on any atom is 0.243 e. The van der Waals surface area contributed by atoms with Crippen LogP contribution in [0.15, 0.2) is 24.3 Å². The summed E-state index contributed by atoms with van der Waals surface area (Å²) in [7, 11) is 0. The van der Waals surface area contributed by atoms with Gasteiger partial charge in [-0.25, -0.2) is 0 Å². The van der Waals surface area contributed by atoms with E-state index >= 15 is 0 Å². The molecule has 1 aliphatic heterocycles. The third-order valence-corrected chi connectivity index (χ3v) is 3.80. The van der Waals surface area contributed by atoms with Gasteiger partial charge < -0.3 is 10.6 Å². The van der Waals surface area contributed by atoms with Gasteiger partial charge in [0.25, 0.3) is 0 Å². The molecule has 2 aliphatic rings. The highest BCUT2D eigenvalue weighted by molar-refractivity contribution is 5.87. The first-order chi connectivity index (χ1) is 7.69. The minimum Gasteiger partial charge on any atom is -0.332 e. The average Bonchev–Trinajstić information content (AvgIpc) is 2.68. The Labute approximate surface area is 107 Å². The van der Waals surface area contributed by atoms with Crippen LogP contribution >= 0.6 is 12.4 Å². The number of nitrogens with two attached hydrogens (primary N) is 1. The second-order valence-corrected chi connectivity index (χ2v) is 4.94. The van der Waals surface area contributed by atoms with Crippen molar-refractivity contribution >= 4 is 18.3 Å². The number of fused-ring (bicyclic) bond motifs is 1. The van der Waals surface area contributed by atoms with Crippen molar-refractivity contribution in [1.29, 1.82) is 0 Å². The normalized spacial score (nSPS) is 20.2. The first kappa shape index (κ1) is 12.4. The van der Waals surface area contributed by atoms with Crippen LogP contribution < -0.4 is 5.73 Å². The van der Waals surface area contributed by atoms with E-state index in [1.807, 2.05) is 17.0 Å². The average molecular weight is 253 g/mol. The van der Waals surface area contributed by atoms with Gasteiger partial charge in [-0.3, -0.25) is 4.79 Å². The number of carbonyl (C=O) groups excluding carboxylic acids is 1. The molecule has 92 valence electrons. The first-order valence-electron chi connectivity index (χ1n) is 5.84. The summed E-state index contributed by atoms with van der Waals surface area (Å²) in [5.74, 6) is 0.134. The van der Waals surface area contributed by atoms with E-state index in [2.05, 4.69) is 12.1 Å². The summed E-state index contributed by atoms with van der Waals surface area (Å²) in [4.78, 5) is 14.1. The van der Waals surface area contributed by atoms with E-state index in [1.54, 1.807) is 0 Å². The summed E-state index contributed by atoms with van der Waals surface area (Å²) in [6.45, 7) is 1.46. The molecule has 4 heteroatoms. The molecule has 2 N–H and O–H groups in total. The molecule has 1 fully saturated rings. The van der Waals surface area contributed by atoms with Crippen LogP contribution in [0.1, 0.15) is 30.4 Å². The van der Waals surface area contributed by atoms with E-state index in [9.17, 15) is 4.79 Å². The summed E-state index contributed by atoms with van der Waals surface area (Å²) in [6, 6.07) is 8.22. The van der Waals surface area contributed by atoms with E-state index in [0.717, 1.165) is 32.4 Å². The molecule has 0 bridgehead atoms. The molecule has 1 aliphatic carbocycles. The minimum atomic E-state index is -0.554. The van der Waals surface area contributed by atoms with Gasteiger partial charge in [0.05, 0.1) is 5.54 Å².